The van der Waals surface area contributed by atoms with Crippen LogP contribution in [0.1, 0.15) is 16.8 Å². The minimum atomic E-state index is -1.01. The number of hydrazine groups is 1. The van der Waals surface area contributed by atoms with Crippen LogP contribution in [0.3, 0.4) is 0 Å². The molecule has 0 radical (unpaired) electrons. The summed E-state index contributed by atoms with van der Waals surface area (Å²) in [6.07, 6.45) is -0.256. The van der Waals surface area contributed by atoms with Crippen molar-refractivity contribution in [2.24, 2.45) is 0 Å². The summed E-state index contributed by atoms with van der Waals surface area (Å²) in [5, 5.41) is 5.11. The van der Waals surface area contributed by atoms with E-state index in [1.165, 1.54) is 47.3 Å². The lowest BCUT2D eigenvalue weighted by atomic mass is 10.2. The van der Waals surface area contributed by atoms with E-state index in [-0.39, 0.29) is 11.5 Å². The number of benzene rings is 2. The first kappa shape index (κ1) is 22.3. The van der Waals surface area contributed by atoms with Crippen molar-refractivity contribution in [1.82, 2.24) is 15.3 Å². The molecule has 3 rings (SSSR count). The molecule has 1 unspecified atom stereocenters. The maximum atomic E-state index is 12.6. The third-order valence-corrected chi connectivity index (χ3v) is 5.43. The van der Waals surface area contributed by atoms with Crippen molar-refractivity contribution in [1.29, 1.82) is 0 Å². The first-order valence-electron chi connectivity index (χ1n) is 8.59. The molecule has 11 heteroatoms. The van der Waals surface area contributed by atoms with Gasteiger partial charge >= 0.3 is 0 Å². The SMILES string of the molecule is CN1C(=O)C(CC(=O)Nc2cc(Cl)cc(Cl)c2)N(NC(=O)c2ccc(Cl)cc2)C1=S. The van der Waals surface area contributed by atoms with Crippen LogP contribution in [-0.2, 0) is 9.59 Å². The number of nitrogens with zero attached hydrogens (tertiary/aromatic N) is 2. The quantitative estimate of drug-likeness (QED) is 0.631. The number of thiocarbonyl (C=S) groups is 1. The molecule has 0 bridgehead atoms. The van der Waals surface area contributed by atoms with Gasteiger partial charge in [-0.2, -0.15) is 0 Å². The van der Waals surface area contributed by atoms with Crippen molar-refractivity contribution < 1.29 is 14.4 Å². The van der Waals surface area contributed by atoms with E-state index in [0.29, 0.717) is 26.3 Å². The number of halogens is 3. The molecule has 1 saturated heterocycles. The van der Waals surface area contributed by atoms with Crippen molar-refractivity contribution >= 4 is 75.5 Å². The highest BCUT2D eigenvalue weighted by Gasteiger charge is 2.42. The topological polar surface area (TPSA) is 81.8 Å². The Morgan fingerprint density at radius 3 is 2.23 bits per heavy atom. The molecular weight excluding hydrogens is 471 g/mol. The molecule has 0 aromatic heterocycles. The molecule has 2 aromatic carbocycles. The van der Waals surface area contributed by atoms with E-state index in [1.807, 2.05) is 0 Å². The van der Waals surface area contributed by atoms with Gasteiger partial charge in [0, 0.05) is 33.4 Å². The van der Waals surface area contributed by atoms with Crippen LogP contribution in [0, 0.1) is 0 Å². The number of hydrogen-bond donors (Lipinski definition) is 2. The number of carbonyl (C=O) groups excluding carboxylic acids is 3. The minimum Gasteiger partial charge on any atom is -0.326 e. The Balaban J connectivity index is 1.74. The Labute approximate surface area is 192 Å². The van der Waals surface area contributed by atoms with Gasteiger partial charge in [-0.3, -0.25) is 24.7 Å². The molecule has 1 aliphatic rings. The normalized spacial score (nSPS) is 16.1. The summed E-state index contributed by atoms with van der Waals surface area (Å²) in [7, 11) is 1.47. The van der Waals surface area contributed by atoms with Crippen LogP contribution in [0.5, 0.6) is 0 Å². The van der Waals surface area contributed by atoms with Gasteiger partial charge in [-0.1, -0.05) is 34.8 Å². The average molecular weight is 486 g/mol. The number of rotatable bonds is 5. The first-order valence-corrected chi connectivity index (χ1v) is 10.1. The van der Waals surface area contributed by atoms with Crippen molar-refractivity contribution in [3.8, 4) is 0 Å². The zero-order chi connectivity index (χ0) is 22.0. The Bertz CT molecular complexity index is 1010. The number of hydrogen-bond acceptors (Lipinski definition) is 4. The second kappa shape index (κ2) is 9.18. The second-order valence-electron chi connectivity index (χ2n) is 6.42. The molecule has 7 nitrogen and oxygen atoms in total. The monoisotopic (exact) mass is 484 g/mol. The number of amides is 3. The number of carbonyl (C=O) groups is 3. The Kier molecular flexibility index (Phi) is 6.82. The van der Waals surface area contributed by atoms with Crippen molar-refractivity contribution in [3.63, 3.8) is 0 Å². The van der Waals surface area contributed by atoms with Gasteiger partial charge in [0.1, 0.15) is 6.04 Å². The zero-order valence-corrected chi connectivity index (χ0v) is 18.6. The summed E-state index contributed by atoms with van der Waals surface area (Å²) in [6, 6.07) is 9.78. The maximum absolute atomic E-state index is 12.6. The predicted molar refractivity (Wildman–Crippen MR) is 120 cm³/mol. The van der Waals surface area contributed by atoms with Crippen molar-refractivity contribution in [2.75, 3.05) is 12.4 Å². The summed E-state index contributed by atoms with van der Waals surface area (Å²) in [6.45, 7) is 0. The Morgan fingerprint density at radius 1 is 1.03 bits per heavy atom. The number of anilines is 1. The van der Waals surface area contributed by atoms with Gasteiger partial charge < -0.3 is 5.32 Å². The van der Waals surface area contributed by atoms with E-state index in [9.17, 15) is 14.4 Å². The summed E-state index contributed by atoms with van der Waals surface area (Å²) < 4.78 is 0. The predicted octanol–water partition coefficient (Wildman–Crippen LogP) is 3.75. The summed E-state index contributed by atoms with van der Waals surface area (Å²) >= 11 is 23.0. The van der Waals surface area contributed by atoms with Crippen molar-refractivity contribution in [3.05, 3.63) is 63.1 Å². The molecule has 1 fully saturated rings. The van der Waals surface area contributed by atoms with Crippen LogP contribution in [0.15, 0.2) is 42.5 Å². The van der Waals surface area contributed by atoms with E-state index >= 15 is 0 Å². The lowest BCUT2D eigenvalue weighted by Crippen LogP contribution is -2.49. The van der Waals surface area contributed by atoms with Gasteiger partial charge in [-0.05, 0) is 54.7 Å². The lowest BCUT2D eigenvalue weighted by molar-refractivity contribution is -0.130. The fourth-order valence-corrected chi connectivity index (χ4v) is 3.73. The van der Waals surface area contributed by atoms with Crippen LogP contribution in [0.25, 0.3) is 0 Å². The molecule has 1 heterocycles. The molecule has 30 heavy (non-hydrogen) atoms. The third-order valence-electron chi connectivity index (χ3n) is 4.27. The number of likely N-dealkylation sites (N-methyl/N-ethyl adjacent to an activating group) is 1. The van der Waals surface area contributed by atoms with Crippen LogP contribution in [0.4, 0.5) is 5.69 Å². The largest absolute Gasteiger partial charge is 0.326 e. The van der Waals surface area contributed by atoms with E-state index in [0.717, 1.165) is 0 Å². The Morgan fingerprint density at radius 2 is 1.63 bits per heavy atom. The lowest BCUT2D eigenvalue weighted by Gasteiger charge is -2.24. The third kappa shape index (κ3) is 5.02. The highest BCUT2D eigenvalue weighted by atomic mass is 35.5. The maximum Gasteiger partial charge on any atom is 0.269 e. The summed E-state index contributed by atoms with van der Waals surface area (Å²) in [5.41, 5.74) is 3.29. The van der Waals surface area contributed by atoms with Crippen LogP contribution in [0.2, 0.25) is 15.1 Å². The molecule has 2 aromatic rings. The molecule has 1 atom stereocenters. The Hall–Kier alpha value is -2.39. The standard InChI is InChI=1S/C19H15Cl3N4O3S/c1-25-18(29)15(9-16(27)23-14-7-12(21)6-13(22)8-14)26(19(25)30)24-17(28)10-2-4-11(20)5-3-10/h2-8,15H,9H2,1H3,(H,23,27)(H,24,28). The van der Waals surface area contributed by atoms with Crippen molar-refractivity contribution in [2.45, 2.75) is 12.5 Å². The summed E-state index contributed by atoms with van der Waals surface area (Å²) in [5.74, 6) is -1.39. The first-order chi connectivity index (χ1) is 14.2. The van der Waals surface area contributed by atoms with E-state index < -0.39 is 23.8 Å². The van der Waals surface area contributed by atoms with Gasteiger partial charge in [-0.25, -0.2) is 5.01 Å². The van der Waals surface area contributed by atoms with Gasteiger partial charge in [-0.15, -0.1) is 0 Å². The van der Waals surface area contributed by atoms with Gasteiger partial charge in [0.15, 0.2) is 5.11 Å². The minimum absolute atomic E-state index is 0.0749. The smallest absolute Gasteiger partial charge is 0.269 e. The van der Waals surface area contributed by atoms with Crippen LogP contribution >= 0.6 is 47.0 Å². The fourth-order valence-electron chi connectivity index (χ4n) is 2.82. The van der Waals surface area contributed by atoms with Crippen LogP contribution < -0.4 is 10.7 Å². The molecular formula is C19H15Cl3N4O3S. The average Bonchev–Trinajstić information content (AvgIpc) is 2.86. The van der Waals surface area contributed by atoms with E-state index in [2.05, 4.69) is 10.7 Å². The molecule has 3 amide bonds. The second-order valence-corrected chi connectivity index (χ2v) is 8.10. The number of nitrogens with one attached hydrogen (secondary N) is 2. The van der Waals surface area contributed by atoms with Gasteiger partial charge in [0.2, 0.25) is 5.91 Å². The zero-order valence-electron chi connectivity index (χ0n) is 15.5. The van der Waals surface area contributed by atoms with E-state index in [1.54, 1.807) is 12.1 Å². The van der Waals surface area contributed by atoms with Crippen LogP contribution in [-0.4, -0.2) is 45.8 Å². The summed E-state index contributed by atoms with van der Waals surface area (Å²) in [4.78, 5) is 38.9. The van der Waals surface area contributed by atoms with Gasteiger partial charge in [0.05, 0.1) is 6.42 Å². The molecule has 156 valence electrons. The molecule has 2 N–H and O–H groups in total. The highest BCUT2D eigenvalue weighted by Crippen LogP contribution is 2.24. The molecule has 1 aliphatic heterocycles. The molecule has 0 aliphatic carbocycles. The highest BCUT2D eigenvalue weighted by molar-refractivity contribution is 7.80. The van der Waals surface area contributed by atoms with E-state index in [4.69, 9.17) is 47.0 Å². The van der Waals surface area contributed by atoms with Gasteiger partial charge in [0.25, 0.3) is 11.8 Å². The molecule has 0 spiro atoms. The fraction of sp³-hybridized carbons (Fsp3) is 0.158. The molecule has 0 saturated carbocycles.